The van der Waals surface area contributed by atoms with Crippen LogP contribution in [0.2, 0.25) is 10.0 Å². The van der Waals surface area contributed by atoms with Gasteiger partial charge in [-0.2, -0.15) is 4.31 Å². The van der Waals surface area contributed by atoms with Crippen LogP contribution >= 0.6 is 34.5 Å². The molecule has 0 saturated carbocycles. The summed E-state index contributed by atoms with van der Waals surface area (Å²) in [4.78, 5) is 16.9. The van der Waals surface area contributed by atoms with Gasteiger partial charge >= 0.3 is 0 Å². The third kappa shape index (κ3) is 6.13. The standard InChI is InChI=1S/C29H34Cl2N2O3S2/c1-19(2)17-32(38(35,36)26-16-22(30)10-11-24(26)31)18-27(34)33-14-12-25-23(13-15-37-25)28(33)20-6-8-21(9-7-20)29(3,4)5/h6-11,13,15-16,19,28H,12,14,17-18H2,1-5H3. The van der Waals surface area contributed by atoms with Crippen molar-refractivity contribution in [3.63, 3.8) is 0 Å². The molecule has 1 aliphatic rings. The Labute approximate surface area is 240 Å². The van der Waals surface area contributed by atoms with E-state index in [0.717, 1.165) is 17.5 Å². The van der Waals surface area contributed by atoms with Crippen molar-refractivity contribution >= 4 is 50.5 Å². The van der Waals surface area contributed by atoms with Crippen LogP contribution in [0.25, 0.3) is 0 Å². The lowest BCUT2D eigenvalue weighted by molar-refractivity contribution is -0.133. The summed E-state index contributed by atoms with van der Waals surface area (Å²) in [6.07, 6.45) is 0.742. The van der Waals surface area contributed by atoms with E-state index in [2.05, 4.69) is 56.5 Å². The summed E-state index contributed by atoms with van der Waals surface area (Å²) < 4.78 is 28.7. The third-order valence-electron chi connectivity index (χ3n) is 6.77. The van der Waals surface area contributed by atoms with Gasteiger partial charge in [-0.15, -0.1) is 11.3 Å². The first-order chi connectivity index (χ1) is 17.8. The van der Waals surface area contributed by atoms with Gasteiger partial charge in [-0.3, -0.25) is 4.79 Å². The predicted octanol–water partition coefficient (Wildman–Crippen LogP) is 7.17. The Morgan fingerprint density at radius 1 is 1.11 bits per heavy atom. The lowest BCUT2D eigenvalue weighted by Gasteiger charge is -2.38. The van der Waals surface area contributed by atoms with E-state index in [1.54, 1.807) is 17.4 Å². The second kappa shape index (κ2) is 11.3. The van der Waals surface area contributed by atoms with E-state index in [1.807, 2.05) is 18.7 Å². The molecule has 1 amide bonds. The third-order valence-corrected chi connectivity index (χ3v) is 10.3. The summed E-state index contributed by atoms with van der Waals surface area (Å²) >= 11 is 14.1. The molecule has 1 aromatic heterocycles. The number of hydrogen-bond acceptors (Lipinski definition) is 4. The van der Waals surface area contributed by atoms with Crippen LogP contribution in [0.5, 0.6) is 0 Å². The molecular weight excluding hydrogens is 559 g/mol. The highest BCUT2D eigenvalue weighted by Crippen LogP contribution is 2.39. The van der Waals surface area contributed by atoms with Crippen molar-refractivity contribution in [3.8, 4) is 0 Å². The number of hydrogen-bond donors (Lipinski definition) is 0. The van der Waals surface area contributed by atoms with Crippen molar-refractivity contribution in [2.45, 2.75) is 57.4 Å². The molecule has 0 fully saturated rings. The SMILES string of the molecule is CC(C)CN(CC(=O)N1CCc2sccc2C1c1ccc(C(C)(C)C)cc1)S(=O)(=O)c1cc(Cl)ccc1Cl. The fourth-order valence-corrected chi connectivity index (χ4v) is 8.01. The topological polar surface area (TPSA) is 57.7 Å². The first kappa shape index (κ1) is 29.1. The highest BCUT2D eigenvalue weighted by molar-refractivity contribution is 7.89. The molecule has 1 unspecified atom stereocenters. The van der Waals surface area contributed by atoms with Gasteiger partial charge in [-0.05, 0) is 64.1 Å². The number of carbonyl (C=O) groups excluding carboxylic acids is 1. The Morgan fingerprint density at radius 2 is 1.79 bits per heavy atom. The van der Waals surface area contributed by atoms with E-state index in [4.69, 9.17) is 23.2 Å². The van der Waals surface area contributed by atoms with Crippen molar-refractivity contribution in [1.82, 2.24) is 9.21 Å². The van der Waals surface area contributed by atoms with Gasteiger partial charge in [0.15, 0.2) is 0 Å². The first-order valence-corrected chi connectivity index (χ1v) is 15.8. The maximum atomic E-state index is 13.9. The highest BCUT2D eigenvalue weighted by atomic mass is 35.5. The fourth-order valence-electron chi connectivity index (χ4n) is 4.82. The van der Waals surface area contributed by atoms with Gasteiger partial charge in [0.1, 0.15) is 4.90 Å². The Kier molecular flexibility index (Phi) is 8.65. The second-order valence-electron chi connectivity index (χ2n) is 11.2. The number of thiophene rings is 1. The number of carbonyl (C=O) groups is 1. The summed E-state index contributed by atoms with van der Waals surface area (Å²) in [5.41, 5.74) is 3.35. The summed E-state index contributed by atoms with van der Waals surface area (Å²) in [6.45, 7) is 10.8. The van der Waals surface area contributed by atoms with E-state index in [9.17, 15) is 13.2 Å². The van der Waals surface area contributed by atoms with E-state index in [1.165, 1.54) is 26.9 Å². The molecule has 2 aromatic carbocycles. The molecule has 0 N–H and O–H groups in total. The van der Waals surface area contributed by atoms with Crippen LogP contribution in [0.1, 0.15) is 62.2 Å². The molecule has 1 atom stereocenters. The number of nitrogens with zero attached hydrogens (tertiary/aromatic N) is 2. The lowest BCUT2D eigenvalue weighted by atomic mass is 9.85. The van der Waals surface area contributed by atoms with E-state index >= 15 is 0 Å². The molecule has 5 nitrogen and oxygen atoms in total. The van der Waals surface area contributed by atoms with Crippen molar-refractivity contribution < 1.29 is 13.2 Å². The van der Waals surface area contributed by atoms with Gasteiger partial charge in [0, 0.05) is 23.0 Å². The second-order valence-corrected chi connectivity index (χ2v) is 14.9. The first-order valence-electron chi connectivity index (χ1n) is 12.7. The Bertz CT molecular complexity index is 1410. The molecule has 0 radical (unpaired) electrons. The van der Waals surface area contributed by atoms with Gasteiger partial charge in [0.2, 0.25) is 15.9 Å². The highest BCUT2D eigenvalue weighted by Gasteiger charge is 2.36. The molecule has 3 aromatic rings. The molecule has 0 spiro atoms. The van der Waals surface area contributed by atoms with Gasteiger partial charge in [-0.1, -0.05) is 82.1 Å². The van der Waals surface area contributed by atoms with Crippen molar-refractivity contribution in [2.75, 3.05) is 19.6 Å². The summed E-state index contributed by atoms with van der Waals surface area (Å²) in [5, 5.41) is 2.41. The largest absolute Gasteiger partial charge is 0.330 e. The number of sulfonamides is 1. The summed E-state index contributed by atoms with van der Waals surface area (Å²) in [5.74, 6) is -0.241. The minimum absolute atomic E-state index is 0.00102. The lowest BCUT2D eigenvalue weighted by Crippen LogP contribution is -2.47. The molecule has 9 heteroatoms. The van der Waals surface area contributed by atoms with Crippen LogP contribution in [-0.2, 0) is 26.7 Å². The molecule has 0 aliphatic carbocycles. The smallest absolute Gasteiger partial charge is 0.245 e. The van der Waals surface area contributed by atoms with Crippen molar-refractivity contribution in [3.05, 3.63) is 85.5 Å². The molecule has 2 heterocycles. The van der Waals surface area contributed by atoms with E-state index < -0.39 is 10.0 Å². The molecule has 1 aliphatic heterocycles. The minimum atomic E-state index is -4.07. The quantitative estimate of drug-likeness (QED) is 0.292. The molecule has 0 bridgehead atoms. The number of rotatable bonds is 7. The Hall–Kier alpha value is -1.90. The molecule has 38 heavy (non-hydrogen) atoms. The zero-order valence-electron chi connectivity index (χ0n) is 22.4. The van der Waals surface area contributed by atoms with Crippen LogP contribution in [0.4, 0.5) is 0 Å². The Balaban J connectivity index is 1.69. The van der Waals surface area contributed by atoms with Crippen LogP contribution in [-0.4, -0.2) is 43.2 Å². The molecule has 0 saturated heterocycles. The zero-order valence-corrected chi connectivity index (χ0v) is 25.5. The van der Waals surface area contributed by atoms with Gasteiger partial charge < -0.3 is 4.90 Å². The molecule has 204 valence electrons. The Morgan fingerprint density at radius 3 is 2.42 bits per heavy atom. The average molecular weight is 594 g/mol. The van der Waals surface area contributed by atoms with Crippen LogP contribution in [0.3, 0.4) is 0 Å². The maximum Gasteiger partial charge on any atom is 0.245 e. The van der Waals surface area contributed by atoms with Crippen LogP contribution in [0, 0.1) is 5.92 Å². The van der Waals surface area contributed by atoms with Crippen LogP contribution in [0.15, 0.2) is 58.8 Å². The number of halogens is 2. The summed E-state index contributed by atoms with van der Waals surface area (Å²) in [6, 6.07) is 14.6. The fraction of sp³-hybridized carbons (Fsp3) is 0.414. The van der Waals surface area contributed by atoms with Gasteiger partial charge in [0.25, 0.3) is 0 Å². The minimum Gasteiger partial charge on any atom is -0.330 e. The van der Waals surface area contributed by atoms with Crippen LogP contribution < -0.4 is 0 Å². The summed E-state index contributed by atoms with van der Waals surface area (Å²) in [7, 11) is -4.07. The van der Waals surface area contributed by atoms with E-state index in [-0.39, 0.29) is 51.3 Å². The normalized spacial score (nSPS) is 16.2. The maximum absolute atomic E-state index is 13.9. The number of amides is 1. The van der Waals surface area contributed by atoms with Gasteiger partial charge in [-0.25, -0.2) is 8.42 Å². The van der Waals surface area contributed by atoms with Crippen molar-refractivity contribution in [1.29, 1.82) is 0 Å². The zero-order chi connectivity index (χ0) is 27.8. The average Bonchev–Trinajstić information content (AvgIpc) is 3.32. The van der Waals surface area contributed by atoms with E-state index in [0.29, 0.717) is 6.54 Å². The van der Waals surface area contributed by atoms with Gasteiger partial charge in [0.05, 0.1) is 17.6 Å². The molecule has 4 rings (SSSR count). The van der Waals surface area contributed by atoms with Crippen molar-refractivity contribution in [2.24, 2.45) is 5.92 Å². The number of fused-ring (bicyclic) bond motifs is 1. The number of benzene rings is 2. The monoisotopic (exact) mass is 592 g/mol. The molecular formula is C29H34Cl2N2O3S2. The predicted molar refractivity (Wildman–Crippen MR) is 157 cm³/mol.